The summed E-state index contributed by atoms with van der Waals surface area (Å²) in [5.74, 6) is 0. The Kier molecular flexibility index (Phi) is 7.39. The van der Waals surface area contributed by atoms with Crippen LogP contribution in [0.15, 0.2) is 205 Å². The average Bonchev–Trinajstić information content (AvgIpc) is 3.82. The molecule has 0 saturated carbocycles. The highest BCUT2D eigenvalue weighted by molar-refractivity contribution is 7.25. The normalized spacial score (nSPS) is 11.6. The van der Waals surface area contributed by atoms with Gasteiger partial charge in [-0.3, -0.25) is 0 Å². The first-order valence-electron chi connectivity index (χ1n) is 18.7. The quantitative estimate of drug-likeness (QED) is 0.170. The van der Waals surface area contributed by atoms with E-state index in [0.717, 1.165) is 55.7 Å². The predicted octanol–water partition coefficient (Wildman–Crippen LogP) is 15.6. The second-order valence-electron chi connectivity index (χ2n) is 14.1. The number of nitrogens with zero attached hydrogens (tertiary/aromatic N) is 1. The van der Waals surface area contributed by atoms with Gasteiger partial charge in [-0.25, -0.2) is 0 Å². The van der Waals surface area contributed by atoms with Crippen molar-refractivity contribution in [3.8, 4) is 33.4 Å². The van der Waals surface area contributed by atoms with E-state index in [9.17, 15) is 0 Å². The summed E-state index contributed by atoms with van der Waals surface area (Å²) in [6.07, 6.45) is 0. The number of hydrogen-bond acceptors (Lipinski definition) is 3. The number of rotatable bonds is 6. The van der Waals surface area contributed by atoms with Gasteiger partial charge in [-0.15, -0.1) is 11.3 Å². The smallest absolute Gasteiger partial charge is 0.143 e. The monoisotopic (exact) mass is 719 g/mol. The first-order chi connectivity index (χ1) is 27.3. The SMILES string of the molecule is c1cc(-c2ccc3c(c2)sc2ccccc23)cc(N(c2ccccc2-c2ccc3ccccc3c2)c2ccccc2-c2cccc3c2oc2ccccc23)c1. The zero-order valence-electron chi connectivity index (χ0n) is 29.8. The highest BCUT2D eigenvalue weighted by Gasteiger charge is 2.23. The van der Waals surface area contributed by atoms with Gasteiger partial charge in [0, 0.05) is 53.3 Å². The number of furan rings is 1. The van der Waals surface area contributed by atoms with Crippen LogP contribution in [0, 0.1) is 0 Å². The Morgan fingerprint density at radius 3 is 1.91 bits per heavy atom. The molecular formula is C52H33NOS. The molecule has 55 heavy (non-hydrogen) atoms. The lowest BCUT2D eigenvalue weighted by Gasteiger charge is -2.30. The van der Waals surface area contributed by atoms with E-state index < -0.39 is 0 Å². The van der Waals surface area contributed by atoms with Crippen molar-refractivity contribution in [2.45, 2.75) is 0 Å². The fourth-order valence-electron chi connectivity index (χ4n) is 8.26. The van der Waals surface area contributed by atoms with Gasteiger partial charge in [0.05, 0.1) is 11.4 Å². The fraction of sp³-hybridized carbons (Fsp3) is 0. The second kappa shape index (κ2) is 12.9. The van der Waals surface area contributed by atoms with Crippen molar-refractivity contribution in [3.05, 3.63) is 200 Å². The molecule has 0 atom stereocenters. The molecule has 0 aliphatic heterocycles. The zero-order valence-corrected chi connectivity index (χ0v) is 30.6. The van der Waals surface area contributed by atoms with Crippen LogP contribution in [0.2, 0.25) is 0 Å². The van der Waals surface area contributed by atoms with Crippen LogP contribution in [0.1, 0.15) is 0 Å². The number of thiophene rings is 1. The molecule has 3 heteroatoms. The van der Waals surface area contributed by atoms with Crippen molar-refractivity contribution < 1.29 is 4.42 Å². The summed E-state index contributed by atoms with van der Waals surface area (Å²) < 4.78 is 9.25. The summed E-state index contributed by atoms with van der Waals surface area (Å²) in [4.78, 5) is 2.43. The van der Waals surface area contributed by atoms with E-state index in [0.29, 0.717) is 0 Å². The van der Waals surface area contributed by atoms with Crippen LogP contribution in [0.5, 0.6) is 0 Å². The molecule has 0 aliphatic carbocycles. The number of hydrogen-bond donors (Lipinski definition) is 0. The van der Waals surface area contributed by atoms with Gasteiger partial charge in [-0.05, 0) is 76.0 Å². The summed E-state index contributed by atoms with van der Waals surface area (Å²) in [5.41, 5.74) is 11.9. The molecule has 2 heterocycles. The van der Waals surface area contributed by atoms with Crippen LogP contribution in [-0.2, 0) is 0 Å². The molecule has 2 nitrogen and oxygen atoms in total. The van der Waals surface area contributed by atoms with E-state index in [-0.39, 0.29) is 0 Å². The van der Waals surface area contributed by atoms with Crippen molar-refractivity contribution >= 4 is 81.3 Å². The van der Waals surface area contributed by atoms with Gasteiger partial charge in [-0.1, -0.05) is 152 Å². The molecule has 0 saturated heterocycles. The van der Waals surface area contributed by atoms with E-state index in [1.54, 1.807) is 0 Å². The molecule has 2 aromatic heterocycles. The van der Waals surface area contributed by atoms with Gasteiger partial charge in [0.2, 0.25) is 0 Å². The third kappa shape index (κ3) is 5.32. The molecule has 11 rings (SSSR count). The van der Waals surface area contributed by atoms with Crippen LogP contribution in [-0.4, -0.2) is 0 Å². The Balaban J connectivity index is 1.14. The molecule has 0 amide bonds. The number of fused-ring (bicyclic) bond motifs is 7. The van der Waals surface area contributed by atoms with Gasteiger partial charge in [0.1, 0.15) is 11.2 Å². The van der Waals surface area contributed by atoms with Crippen LogP contribution in [0.3, 0.4) is 0 Å². The molecule has 0 bridgehead atoms. The summed E-state index contributed by atoms with van der Waals surface area (Å²) in [7, 11) is 0. The third-order valence-corrected chi connectivity index (χ3v) is 12.0. The highest BCUT2D eigenvalue weighted by Crippen LogP contribution is 2.47. The third-order valence-electron chi connectivity index (χ3n) is 10.9. The van der Waals surface area contributed by atoms with Crippen molar-refractivity contribution in [1.82, 2.24) is 0 Å². The zero-order chi connectivity index (χ0) is 36.3. The highest BCUT2D eigenvalue weighted by atomic mass is 32.1. The summed E-state index contributed by atoms with van der Waals surface area (Å²) in [6, 6.07) is 72.3. The lowest BCUT2D eigenvalue weighted by atomic mass is 9.96. The van der Waals surface area contributed by atoms with Crippen LogP contribution >= 0.6 is 11.3 Å². The van der Waals surface area contributed by atoms with Gasteiger partial charge < -0.3 is 9.32 Å². The Bertz CT molecular complexity index is 3240. The van der Waals surface area contributed by atoms with Crippen LogP contribution < -0.4 is 4.90 Å². The maximum atomic E-state index is 6.63. The molecule has 0 unspecified atom stereocenters. The standard InChI is InChI=1S/C52H33NOS/c1-2-14-35-31-38(28-27-34(35)13-1)40-17-3-7-23-47(40)53(39-16-11-15-36(32-39)37-29-30-44-43-20-6-10-26-50(43)55-51(44)33-37)48-24-8-4-18-41(48)45-21-12-22-46-42-19-5-9-25-49(42)54-52(45)46/h1-33H. The number of benzene rings is 9. The van der Waals surface area contributed by atoms with Crippen LogP contribution in [0.4, 0.5) is 17.1 Å². The van der Waals surface area contributed by atoms with E-state index in [1.165, 1.54) is 47.6 Å². The maximum absolute atomic E-state index is 6.63. The largest absolute Gasteiger partial charge is 0.455 e. The number of para-hydroxylation sites is 4. The predicted molar refractivity (Wildman–Crippen MR) is 235 cm³/mol. The first kappa shape index (κ1) is 31.6. The van der Waals surface area contributed by atoms with Crippen molar-refractivity contribution in [1.29, 1.82) is 0 Å². The van der Waals surface area contributed by atoms with Gasteiger partial charge >= 0.3 is 0 Å². The summed E-state index contributed by atoms with van der Waals surface area (Å²) in [6.45, 7) is 0. The topological polar surface area (TPSA) is 16.4 Å². The first-order valence-corrected chi connectivity index (χ1v) is 19.5. The van der Waals surface area contributed by atoms with Crippen LogP contribution in [0.25, 0.3) is 86.3 Å². The molecule has 258 valence electrons. The molecule has 0 fully saturated rings. The molecule has 0 aliphatic rings. The summed E-state index contributed by atoms with van der Waals surface area (Å²) >= 11 is 1.86. The minimum Gasteiger partial charge on any atom is -0.455 e. The minimum absolute atomic E-state index is 0.893. The van der Waals surface area contributed by atoms with E-state index in [1.807, 2.05) is 17.4 Å². The maximum Gasteiger partial charge on any atom is 0.143 e. The lowest BCUT2D eigenvalue weighted by Crippen LogP contribution is -2.12. The lowest BCUT2D eigenvalue weighted by molar-refractivity contribution is 0.670. The van der Waals surface area contributed by atoms with Crippen molar-refractivity contribution in [2.75, 3.05) is 4.90 Å². The Hall–Kier alpha value is -6.94. The minimum atomic E-state index is 0.893. The molecular weight excluding hydrogens is 687 g/mol. The molecule has 0 radical (unpaired) electrons. The molecule has 9 aromatic carbocycles. The Morgan fingerprint density at radius 1 is 0.364 bits per heavy atom. The molecule has 11 aromatic rings. The Morgan fingerprint density at radius 2 is 1.00 bits per heavy atom. The fourth-order valence-corrected chi connectivity index (χ4v) is 9.41. The molecule has 0 N–H and O–H groups in total. The second-order valence-corrected chi connectivity index (χ2v) is 15.2. The molecule has 0 spiro atoms. The Labute approximate surface area is 322 Å². The average molecular weight is 720 g/mol. The van der Waals surface area contributed by atoms with E-state index in [4.69, 9.17) is 4.42 Å². The number of anilines is 3. The van der Waals surface area contributed by atoms with Gasteiger partial charge in [0.15, 0.2) is 0 Å². The van der Waals surface area contributed by atoms with Crippen molar-refractivity contribution in [3.63, 3.8) is 0 Å². The summed E-state index contributed by atoms with van der Waals surface area (Å²) in [5, 5.41) is 7.31. The van der Waals surface area contributed by atoms with E-state index in [2.05, 4.69) is 199 Å². The van der Waals surface area contributed by atoms with Gasteiger partial charge in [-0.2, -0.15) is 0 Å². The van der Waals surface area contributed by atoms with Gasteiger partial charge in [0.25, 0.3) is 0 Å². The van der Waals surface area contributed by atoms with Crippen molar-refractivity contribution in [2.24, 2.45) is 0 Å². The van der Waals surface area contributed by atoms with E-state index >= 15 is 0 Å².